The summed E-state index contributed by atoms with van der Waals surface area (Å²) in [6.45, 7) is 6.32. The van der Waals surface area contributed by atoms with Crippen LogP contribution in [0.25, 0.3) is 0 Å². The van der Waals surface area contributed by atoms with Gasteiger partial charge in [-0.25, -0.2) is 0 Å². The molecule has 0 unspecified atom stereocenters. The number of hydrogen-bond acceptors (Lipinski definition) is 5. The zero-order valence-corrected chi connectivity index (χ0v) is 20.5. The van der Waals surface area contributed by atoms with Gasteiger partial charge in [0.25, 0.3) is 5.91 Å². The number of benzene rings is 2. The fourth-order valence-corrected chi connectivity index (χ4v) is 5.31. The van der Waals surface area contributed by atoms with Crippen LogP contribution < -0.4 is 10.2 Å². The third kappa shape index (κ3) is 5.80. The average molecular weight is 481 g/mol. The molecule has 34 heavy (non-hydrogen) atoms. The van der Waals surface area contributed by atoms with Crippen LogP contribution >= 0.6 is 11.8 Å². The van der Waals surface area contributed by atoms with Crippen LogP contribution in [-0.2, 0) is 16.0 Å². The summed E-state index contributed by atoms with van der Waals surface area (Å²) in [4.78, 5) is 44.8. The van der Waals surface area contributed by atoms with Crippen molar-refractivity contribution in [3.63, 3.8) is 0 Å². The number of amides is 3. The number of nitrogens with one attached hydrogen (secondary N) is 1. The zero-order chi connectivity index (χ0) is 23.9. The molecule has 3 amide bonds. The molecular weight excluding hydrogens is 448 g/mol. The second kappa shape index (κ2) is 11.5. The maximum atomic E-state index is 13.3. The van der Waals surface area contributed by atoms with Crippen molar-refractivity contribution < 1.29 is 14.4 Å². The summed E-state index contributed by atoms with van der Waals surface area (Å²) in [6.07, 6.45) is 1.80. The second-order valence-electron chi connectivity index (χ2n) is 8.63. The number of fused-ring (bicyclic) bond motifs is 1. The van der Waals surface area contributed by atoms with Gasteiger partial charge in [0, 0.05) is 49.9 Å². The van der Waals surface area contributed by atoms with E-state index in [0.29, 0.717) is 57.1 Å². The van der Waals surface area contributed by atoms with Gasteiger partial charge in [-0.1, -0.05) is 37.3 Å². The zero-order valence-electron chi connectivity index (χ0n) is 19.7. The topological polar surface area (TPSA) is 73.0 Å². The lowest BCUT2D eigenvalue weighted by Crippen LogP contribution is -2.51. The number of hydrogen-bond donors (Lipinski definition) is 1. The smallest absolute Gasteiger partial charge is 0.255 e. The number of thioether (sulfide) groups is 1. The van der Waals surface area contributed by atoms with Gasteiger partial charge in [-0.05, 0) is 36.6 Å². The molecule has 0 spiro atoms. The molecule has 0 radical (unpaired) electrons. The molecule has 1 saturated heterocycles. The highest BCUT2D eigenvalue weighted by Crippen LogP contribution is 2.30. The van der Waals surface area contributed by atoms with Gasteiger partial charge < -0.3 is 15.1 Å². The van der Waals surface area contributed by atoms with E-state index in [4.69, 9.17) is 0 Å². The molecule has 0 aromatic heterocycles. The van der Waals surface area contributed by atoms with Crippen molar-refractivity contribution in [1.82, 2.24) is 15.1 Å². The van der Waals surface area contributed by atoms with Crippen molar-refractivity contribution >= 4 is 35.2 Å². The van der Waals surface area contributed by atoms with Crippen LogP contribution in [0.3, 0.4) is 0 Å². The predicted octanol–water partition coefficient (Wildman–Crippen LogP) is 2.65. The Hall–Kier alpha value is -2.84. The first-order chi connectivity index (χ1) is 16.6. The van der Waals surface area contributed by atoms with Crippen LogP contribution in [-0.4, -0.2) is 79.1 Å². The van der Waals surface area contributed by atoms with Gasteiger partial charge >= 0.3 is 0 Å². The average Bonchev–Trinajstić information content (AvgIpc) is 3.30. The Bertz CT molecular complexity index is 1040. The first-order valence-corrected chi connectivity index (χ1v) is 12.9. The van der Waals surface area contributed by atoms with E-state index in [9.17, 15) is 14.4 Å². The molecule has 1 fully saturated rings. The summed E-state index contributed by atoms with van der Waals surface area (Å²) in [5, 5.41) is 2.90. The van der Waals surface area contributed by atoms with E-state index in [0.717, 1.165) is 23.4 Å². The van der Waals surface area contributed by atoms with Gasteiger partial charge in [0.05, 0.1) is 17.9 Å². The third-order valence-corrected chi connectivity index (χ3v) is 7.31. The monoisotopic (exact) mass is 480 g/mol. The number of para-hydroxylation sites is 1. The van der Waals surface area contributed by atoms with Gasteiger partial charge in [0.1, 0.15) is 0 Å². The van der Waals surface area contributed by atoms with Crippen molar-refractivity contribution in [3.05, 3.63) is 59.7 Å². The number of anilines is 1. The highest BCUT2D eigenvalue weighted by Gasteiger charge is 2.27. The second-order valence-corrected chi connectivity index (χ2v) is 9.64. The van der Waals surface area contributed by atoms with E-state index in [2.05, 4.69) is 16.3 Å². The van der Waals surface area contributed by atoms with E-state index < -0.39 is 0 Å². The van der Waals surface area contributed by atoms with Crippen molar-refractivity contribution in [1.29, 1.82) is 0 Å². The number of rotatable bonds is 8. The molecular formula is C26H32N4O3S. The van der Waals surface area contributed by atoms with Crippen LogP contribution in [0.5, 0.6) is 0 Å². The lowest BCUT2D eigenvalue weighted by Gasteiger charge is -2.34. The van der Waals surface area contributed by atoms with E-state index in [1.807, 2.05) is 59.2 Å². The van der Waals surface area contributed by atoms with Crippen molar-refractivity contribution in [2.75, 3.05) is 56.5 Å². The predicted molar refractivity (Wildman–Crippen MR) is 135 cm³/mol. The van der Waals surface area contributed by atoms with Gasteiger partial charge in [0.15, 0.2) is 0 Å². The van der Waals surface area contributed by atoms with E-state index in [1.54, 1.807) is 0 Å². The summed E-state index contributed by atoms with van der Waals surface area (Å²) in [6, 6.07) is 15.6. The molecule has 0 saturated carbocycles. The Balaban J connectivity index is 1.32. The molecule has 2 heterocycles. The molecule has 0 atom stereocenters. The first kappa shape index (κ1) is 24.3. The Morgan fingerprint density at radius 1 is 0.941 bits per heavy atom. The Kier molecular flexibility index (Phi) is 8.24. The maximum Gasteiger partial charge on any atom is 0.255 e. The van der Waals surface area contributed by atoms with E-state index in [-0.39, 0.29) is 17.7 Å². The molecule has 2 aliphatic rings. The van der Waals surface area contributed by atoms with Crippen LogP contribution in [0, 0.1) is 0 Å². The molecule has 4 rings (SSSR count). The molecule has 180 valence electrons. The van der Waals surface area contributed by atoms with Crippen LogP contribution in [0.4, 0.5) is 5.69 Å². The lowest BCUT2D eigenvalue weighted by atomic mass is 10.2. The minimum atomic E-state index is -0.0165. The molecule has 2 aliphatic heterocycles. The van der Waals surface area contributed by atoms with Gasteiger partial charge in [-0.2, -0.15) is 0 Å². The van der Waals surface area contributed by atoms with Gasteiger partial charge in [-0.15, -0.1) is 11.8 Å². The molecule has 2 aromatic carbocycles. The molecule has 2 aromatic rings. The summed E-state index contributed by atoms with van der Waals surface area (Å²) in [5.74, 6) is 0.372. The third-order valence-electron chi connectivity index (χ3n) is 6.26. The fourth-order valence-electron chi connectivity index (χ4n) is 4.39. The quantitative estimate of drug-likeness (QED) is 0.588. The lowest BCUT2D eigenvalue weighted by molar-refractivity contribution is -0.122. The summed E-state index contributed by atoms with van der Waals surface area (Å²) in [7, 11) is 0. The van der Waals surface area contributed by atoms with E-state index in [1.165, 1.54) is 17.3 Å². The van der Waals surface area contributed by atoms with E-state index >= 15 is 0 Å². The number of carbonyl (C=O) groups is 3. The normalized spacial score (nSPS) is 15.8. The summed E-state index contributed by atoms with van der Waals surface area (Å²) < 4.78 is 0. The van der Waals surface area contributed by atoms with Gasteiger partial charge in [-0.3, -0.25) is 19.3 Å². The maximum absolute atomic E-state index is 13.3. The number of piperazine rings is 1. The SMILES string of the molecule is CCCNC(=O)CN1CCN(C(=O)c2ccccc2SCC(=O)N2CCc3ccccc32)CC1. The Morgan fingerprint density at radius 3 is 2.47 bits per heavy atom. The highest BCUT2D eigenvalue weighted by atomic mass is 32.2. The van der Waals surface area contributed by atoms with Crippen molar-refractivity contribution in [2.24, 2.45) is 0 Å². The number of nitrogens with zero attached hydrogens (tertiary/aromatic N) is 3. The molecule has 0 bridgehead atoms. The molecule has 0 aliphatic carbocycles. The molecule has 1 N–H and O–H groups in total. The molecule has 7 nitrogen and oxygen atoms in total. The van der Waals surface area contributed by atoms with Crippen LogP contribution in [0.15, 0.2) is 53.4 Å². The Labute approximate surface area is 205 Å². The fraction of sp³-hybridized carbons (Fsp3) is 0.423. The van der Waals surface area contributed by atoms with Crippen LogP contribution in [0.2, 0.25) is 0 Å². The molecule has 8 heteroatoms. The van der Waals surface area contributed by atoms with Crippen LogP contribution in [0.1, 0.15) is 29.3 Å². The minimum absolute atomic E-state index is 0.0165. The Morgan fingerprint density at radius 2 is 1.68 bits per heavy atom. The minimum Gasteiger partial charge on any atom is -0.355 e. The van der Waals surface area contributed by atoms with Crippen molar-refractivity contribution in [3.8, 4) is 0 Å². The summed E-state index contributed by atoms with van der Waals surface area (Å²) >= 11 is 1.42. The summed E-state index contributed by atoms with van der Waals surface area (Å²) in [5.41, 5.74) is 2.84. The van der Waals surface area contributed by atoms with Crippen molar-refractivity contribution in [2.45, 2.75) is 24.7 Å². The largest absolute Gasteiger partial charge is 0.355 e. The standard InChI is InChI=1S/C26H32N4O3S/c1-2-12-27-24(31)18-28-14-16-29(17-15-28)26(33)21-8-4-6-10-23(21)34-19-25(32)30-13-11-20-7-3-5-9-22(20)30/h3-10H,2,11-19H2,1H3,(H,27,31). The number of carbonyl (C=O) groups excluding carboxylic acids is 3. The highest BCUT2D eigenvalue weighted by molar-refractivity contribution is 8.00. The van der Waals surface area contributed by atoms with Gasteiger partial charge in [0.2, 0.25) is 11.8 Å². The first-order valence-electron chi connectivity index (χ1n) is 11.9.